The van der Waals surface area contributed by atoms with Gasteiger partial charge in [-0.3, -0.25) is 4.79 Å². The van der Waals surface area contributed by atoms with E-state index in [4.69, 9.17) is 0 Å². The van der Waals surface area contributed by atoms with E-state index < -0.39 is 0 Å². The summed E-state index contributed by atoms with van der Waals surface area (Å²) in [4.78, 5) is 18.1. The molecule has 1 N–H and O–H groups in total. The Balaban J connectivity index is 1.72. The summed E-state index contributed by atoms with van der Waals surface area (Å²) in [5.41, 5.74) is 3.33. The molecule has 0 radical (unpaired) electrons. The summed E-state index contributed by atoms with van der Waals surface area (Å²) in [5.74, 6) is 0.120. The molecule has 3 nitrogen and oxygen atoms in total. The van der Waals surface area contributed by atoms with Gasteiger partial charge in [0.05, 0.1) is 17.2 Å². The smallest absolute Gasteiger partial charge is 0.221 e. The molecule has 0 unspecified atom stereocenters. The molecule has 1 aromatic heterocycles. The lowest BCUT2D eigenvalue weighted by atomic mass is 9.88. The van der Waals surface area contributed by atoms with Crippen LogP contribution in [0.1, 0.15) is 39.0 Å². The molecule has 3 aromatic rings. The zero-order chi connectivity index (χ0) is 17.6. The van der Waals surface area contributed by atoms with Gasteiger partial charge in [-0.25, -0.2) is 4.98 Å². The molecular weight excluding hydrogens is 328 g/mol. The molecule has 4 heteroatoms. The molecule has 0 atom stereocenters. The van der Waals surface area contributed by atoms with E-state index in [9.17, 15) is 4.79 Å². The second kappa shape index (κ2) is 8.08. The number of hydrogen-bond acceptors (Lipinski definition) is 3. The number of carbonyl (C=O) groups is 1. The van der Waals surface area contributed by atoms with E-state index in [0.29, 0.717) is 13.0 Å². The highest BCUT2D eigenvalue weighted by Gasteiger charge is 2.18. The van der Waals surface area contributed by atoms with Crippen LogP contribution in [0.4, 0.5) is 0 Å². The third-order valence-corrected chi connectivity index (χ3v) is 5.31. The third-order valence-electron chi connectivity index (χ3n) is 4.24. The van der Waals surface area contributed by atoms with E-state index in [1.807, 2.05) is 50.2 Å². The van der Waals surface area contributed by atoms with E-state index in [1.165, 1.54) is 0 Å². The second-order valence-electron chi connectivity index (χ2n) is 6.10. The Hall–Kier alpha value is -2.46. The van der Waals surface area contributed by atoms with Crippen molar-refractivity contribution in [2.24, 2.45) is 0 Å². The summed E-state index contributed by atoms with van der Waals surface area (Å²) in [6, 6.07) is 20.4. The van der Waals surface area contributed by atoms with E-state index in [-0.39, 0.29) is 11.8 Å². The van der Waals surface area contributed by atoms with Crippen molar-refractivity contribution >= 4 is 17.2 Å². The Morgan fingerprint density at radius 1 is 1.00 bits per heavy atom. The number of nitrogens with one attached hydrogen (secondary N) is 1. The normalized spacial score (nSPS) is 10.8. The Morgan fingerprint density at radius 3 is 2.04 bits per heavy atom. The SMILES string of the molecule is Cc1nc(C)c(CNC(=O)CC(c2ccccc2)c2ccccc2)s1. The van der Waals surface area contributed by atoms with Crippen LogP contribution in [-0.2, 0) is 11.3 Å². The van der Waals surface area contributed by atoms with Gasteiger partial charge in [0.2, 0.25) is 5.91 Å². The van der Waals surface area contributed by atoms with Crippen molar-refractivity contribution in [3.8, 4) is 0 Å². The predicted octanol–water partition coefficient (Wildman–Crippen LogP) is 4.60. The third kappa shape index (κ3) is 4.54. The maximum absolute atomic E-state index is 12.6. The number of hydrogen-bond donors (Lipinski definition) is 1. The molecule has 3 rings (SSSR count). The van der Waals surface area contributed by atoms with E-state index in [0.717, 1.165) is 26.7 Å². The highest BCUT2D eigenvalue weighted by Crippen LogP contribution is 2.28. The molecule has 0 saturated heterocycles. The Morgan fingerprint density at radius 2 is 1.56 bits per heavy atom. The summed E-state index contributed by atoms with van der Waals surface area (Å²) >= 11 is 1.64. The molecule has 0 saturated carbocycles. The monoisotopic (exact) mass is 350 g/mol. The van der Waals surface area contributed by atoms with E-state index in [2.05, 4.69) is 34.6 Å². The first-order chi connectivity index (χ1) is 12.1. The molecule has 0 aliphatic carbocycles. The number of aromatic nitrogens is 1. The number of nitrogens with zero attached hydrogens (tertiary/aromatic N) is 1. The molecule has 1 heterocycles. The van der Waals surface area contributed by atoms with Crippen molar-refractivity contribution in [2.75, 3.05) is 0 Å². The van der Waals surface area contributed by atoms with Crippen LogP contribution in [0.25, 0.3) is 0 Å². The molecule has 128 valence electrons. The topological polar surface area (TPSA) is 42.0 Å². The van der Waals surface area contributed by atoms with Crippen LogP contribution in [-0.4, -0.2) is 10.9 Å². The Labute approximate surface area is 152 Å². The van der Waals surface area contributed by atoms with Gasteiger partial charge < -0.3 is 5.32 Å². The first-order valence-corrected chi connectivity index (χ1v) is 9.24. The number of benzene rings is 2. The second-order valence-corrected chi connectivity index (χ2v) is 7.38. The van der Waals surface area contributed by atoms with Gasteiger partial charge in [-0.15, -0.1) is 11.3 Å². The maximum atomic E-state index is 12.6. The summed E-state index contributed by atoms with van der Waals surface area (Å²) in [6.07, 6.45) is 0.435. The largest absolute Gasteiger partial charge is 0.351 e. The fraction of sp³-hybridized carbons (Fsp3) is 0.238. The van der Waals surface area contributed by atoms with E-state index in [1.54, 1.807) is 11.3 Å². The average molecular weight is 350 g/mol. The number of rotatable bonds is 6. The summed E-state index contributed by atoms with van der Waals surface area (Å²) in [5, 5.41) is 4.09. The van der Waals surface area contributed by atoms with Crippen LogP contribution >= 0.6 is 11.3 Å². The van der Waals surface area contributed by atoms with Crippen LogP contribution in [0.2, 0.25) is 0 Å². The van der Waals surface area contributed by atoms with Crippen molar-refractivity contribution in [3.05, 3.63) is 87.4 Å². The fourth-order valence-corrected chi connectivity index (χ4v) is 3.85. The lowest BCUT2D eigenvalue weighted by Crippen LogP contribution is -2.24. The minimum atomic E-state index is 0.0585. The Kier molecular flexibility index (Phi) is 5.61. The van der Waals surface area contributed by atoms with Gasteiger partial charge in [0.1, 0.15) is 0 Å². The van der Waals surface area contributed by atoms with Gasteiger partial charge in [0, 0.05) is 17.2 Å². The van der Waals surface area contributed by atoms with Gasteiger partial charge in [-0.2, -0.15) is 0 Å². The lowest BCUT2D eigenvalue weighted by Gasteiger charge is -2.18. The number of amides is 1. The number of thiazole rings is 1. The minimum Gasteiger partial charge on any atom is -0.351 e. The van der Waals surface area contributed by atoms with Crippen molar-refractivity contribution in [1.29, 1.82) is 0 Å². The van der Waals surface area contributed by atoms with Crippen LogP contribution in [0.15, 0.2) is 60.7 Å². The molecule has 25 heavy (non-hydrogen) atoms. The molecule has 0 aliphatic rings. The van der Waals surface area contributed by atoms with Crippen molar-refractivity contribution in [2.45, 2.75) is 32.7 Å². The molecule has 0 aliphatic heterocycles. The fourth-order valence-electron chi connectivity index (χ4n) is 2.97. The van der Waals surface area contributed by atoms with Crippen molar-refractivity contribution in [3.63, 3.8) is 0 Å². The standard InChI is InChI=1S/C21H22N2OS/c1-15-20(25-16(2)23-15)14-22-21(24)13-19(17-9-5-3-6-10-17)18-11-7-4-8-12-18/h3-12,19H,13-14H2,1-2H3,(H,22,24). The zero-order valence-electron chi connectivity index (χ0n) is 14.5. The highest BCUT2D eigenvalue weighted by atomic mass is 32.1. The zero-order valence-corrected chi connectivity index (χ0v) is 15.3. The summed E-state index contributed by atoms with van der Waals surface area (Å²) in [6.45, 7) is 4.53. The minimum absolute atomic E-state index is 0.0585. The quantitative estimate of drug-likeness (QED) is 0.706. The number of aryl methyl sites for hydroxylation is 2. The van der Waals surface area contributed by atoms with Crippen LogP contribution in [0.3, 0.4) is 0 Å². The highest BCUT2D eigenvalue weighted by molar-refractivity contribution is 7.11. The van der Waals surface area contributed by atoms with Crippen LogP contribution < -0.4 is 5.32 Å². The molecule has 0 spiro atoms. The van der Waals surface area contributed by atoms with Gasteiger partial charge >= 0.3 is 0 Å². The lowest BCUT2D eigenvalue weighted by molar-refractivity contribution is -0.121. The van der Waals surface area contributed by atoms with Crippen molar-refractivity contribution < 1.29 is 4.79 Å². The van der Waals surface area contributed by atoms with Gasteiger partial charge in [0.15, 0.2) is 0 Å². The molecule has 0 bridgehead atoms. The maximum Gasteiger partial charge on any atom is 0.221 e. The summed E-state index contributed by atoms with van der Waals surface area (Å²) < 4.78 is 0. The summed E-state index contributed by atoms with van der Waals surface area (Å²) in [7, 11) is 0. The first kappa shape index (κ1) is 17.4. The predicted molar refractivity (Wildman–Crippen MR) is 103 cm³/mol. The Bertz CT molecular complexity index is 788. The molecule has 2 aromatic carbocycles. The molecule has 0 fully saturated rings. The average Bonchev–Trinajstić information content (AvgIpc) is 2.96. The van der Waals surface area contributed by atoms with Gasteiger partial charge in [-0.1, -0.05) is 60.7 Å². The van der Waals surface area contributed by atoms with Crippen molar-refractivity contribution in [1.82, 2.24) is 10.3 Å². The first-order valence-electron chi connectivity index (χ1n) is 8.43. The van der Waals surface area contributed by atoms with Crippen LogP contribution in [0.5, 0.6) is 0 Å². The van der Waals surface area contributed by atoms with Gasteiger partial charge in [0.25, 0.3) is 0 Å². The van der Waals surface area contributed by atoms with Crippen LogP contribution in [0, 0.1) is 13.8 Å². The van der Waals surface area contributed by atoms with E-state index >= 15 is 0 Å². The van der Waals surface area contributed by atoms with Gasteiger partial charge in [-0.05, 0) is 25.0 Å². The number of carbonyl (C=O) groups excluding carboxylic acids is 1. The molecular formula is C21H22N2OS. The molecule has 1 amide bonds.